The summed E-state index contributed by atoms with van der Waals surface area (Å²) < 4.78 is 0.955. The molecule has 0 saturated heterocycles. The van der Waals surface area contributed by atoms with Crippen LogP contribution in [0.1, 0.15) is 5.56 Å². The van der Waals surface area contributed by atoms with Crippen molar-refractivity contribution < 1.29 is 0 Å². The van der Waals surface area contributed by atoms with Gasteiger partial charge in [-0.1, -0.05) is 0 Å². The van der Waals surface area contributed by atoms with Crippen molar-refractivity contribution in [3.8, 4) is 0 Å². The number of rotatable bonds is 1. The van der Waals surface area contributed by atoms with E-state index < -0.39 is 0 Å². The van der Waals surface area contributed by atoms with Crippen molar-refractivity contribution >= 4 is 44.0 Å². The van der Waals surface area contributed by atoms with E-state index in [0.717, 1.165) is 20.1 Å². The summed E-state index contributed by atoms with van der Waals surface area (Å²) in [6.07, 6.45) is 5.31. The Bertz CT molecular complexity index is 509. The lowest BCUT2D eigenvalue weighted by Crippen LogP contribution is -2.06. The summed E-state index contributed by atoms with van der Waals surface area (Å²) in [6.45, 7) is 0. The van der Waals surface area contributed by atoms with E-state index in [1.54, 1.807) is 30.4 Å². The van der Waals surface area contributed by atoms with Crippen LogP contribution in [-0.2, 0) is 0 Å². The summed E-state index contributed by atoms with van der Waals surface area (Å²) in [5.41, 5.74) is 1.01. The quantitative estimate of drug-likeness (QED) is 0.791. The Hall–Kier alpha value is -1.01. The van der Waals surface area contributed by atoms with E-state index in [1.807, 2.05) is 6.07 Å². The maximum atomic E-state index is 4.50. The average molecular weight is 281 g/mol. The first-order chi connectivity index (χ1) is 7.33. The number of thioether (sulfide) groups is 1. The Morgan fingerprint density at radius 3 is 3.07 bits per heavy atom. The van der Waals surface area contributed by atoms with Gasteiger partial charge in [-0.05, 0) is 33.8 Å². The molecular weight excluding hydrogens is 276 g/mol. The molecule has 0 saturated carbocycles. The lowest BCUT2D eigenvalue weighted by Gasteiger charge is -1.98. The Labute approximate surface area is 98.7 Å². The minimum atomic E-state index is 0.0315. The molecule has 0 amide bonds. The molecule has 3 heterocycles. The molecule has 0 bridgehead atoms. The fourth-order valence-electron chi connectivity index (χ4n) is 1.36. The molecule has 0 fully saturated rings. The summed E-state index contributed by atoms with van der Waals surface area (Å²) in [4.78, 5) is 8.61. The van der Waals surface area contributed by atoms with Gasteiger partial charge < -0.3 is 0 Å². The maximum absolute atomic E-state index is 4.50. The second-order valence-corrected chi connectivity index (χ2v) is 5.00. The molecule has 15 heavy (non-hydrogen) atoms. The van der Waals surface area contributed by atoms with Gasteiger partial charge in [0.25, 0.3) is 0 Å². The summed E-state index contributed by atoms with van der Waals surface area (Å²) >= 11 is 4.94. The molecule has 74 valence electrons. The van der Waals surface area contributed by atoms with Crippen LogP contribution in [0.2, 0.25) is 0 Å². The molecule has 1 atom stereocenters. The number of hydrogen-bond acceptors (Lipinski definition) is 5. The Morgan fingerprint density at radius 1 is 1.33 bits per heavy atom. The second kappa shape index (κ2) is 3.53. The monoisotopic (exact) mass is 280 g/mol. The van der Waals surface area contributed by atoms with Crippen molar-refractivity contribution in [1.82, 2.24) is 4.98 Å². The average Bonchev–Trinajstić information content (AvgIpc) is 2.76. The van der Waals surface area contributed by atoms with Crippen molar-refractivity contribution in [2.75, 3.05) is 0 Å². The number of halogens is 1. The van der Waals surface area contributed by atoms with Gasteiger partial charge in [0.05, 0.1) is 6.21 Å². The highest BCUT2D eigenvalue weighted by molar-refractivity contribution is 9.10. The number of aliphatic imine (C=N–C) groups is 1. The number of nitrogens with zero attached hydrogens (tertiary/aromatic N) is 4. The molecule has 0 spiro atoms. The van der Waals surface area contributed by atoms with Crippen LogP contribution in [0.4, 0.5) is 0 Å². The van der Waals surface area contributed by atoms with E-state index in [1.165, 1.54) is 0 Å². The van der Waals surface area contributed by atoms with Crippen LogP contribution in [-0.4, -0.2) is 27.3 Å². The molecule has 2 aliphatic rings. The predicted octanol–water partition coefficient (Wildman–Crippen LogP) is 2.10. The van der Waals surface area contributed by atoms with Gasteiger partial charge in [0.2, 0.25) is 0 Å². The van der Waals surface area contributed by atoms with Gasteiger partial charge in [0.15, 0.2) is 0 Å². The third kappa shape index (κ3) is 1.63. The van der Waals surface area contributed by atoms with E-state index in [4.69, 9.17) is 0 Å². The summed E-state index contributed by atoms with van der Waals surface area (Å²) in [5, 5.41) is 9.73. The van der Waals surface area contributed by atoms with Crippen LogP contribution in [0, 0.1) is 0 Å². The minimum absolute atomic E-state index is 0.0315. The Morgan fingerprint density at radius 2 is 2.27 bits per heavy atom. The summed E-state index contributed by atoms with van der Waals surface area (Å²) in [7, 11) is 0. The van der Waals surface area contributed by atoms with Crippen molar-refractivity contribution in [2.24, 2.45) is 15.2 Å². The van der Waals surface area contributed by atoms with Crippen LogP contribution >= 0.6 is 27.7 Å². The molecule has 3 rings (SSSR count). The van der Waals surface area contributed by atoms with Crippen LogP contribution in [0.5, 0.6) is 0 Å². The molecule has 0 aliphatic carbocycles. The van der Waals surface area contributed by atoms with E-state index in [2.05, 4.69) is 36.1 Å². The molecule has 1 aromatic heterocycles. The van der Waals surface area contributed by atoms with Crippen LogP contribution in [0.3, 0.4) is 0 Å². The zero-order chi connectivity index (χ0) is 10.3. The third-order valence-electron chi connectivity index (χ3n) is 2.03. The molecular formula is C9H5BrN4S. The molecule has 0 N–H and O–H groups in total. The molecule has 4 nitrogen and oxygen atoms in total. The van der Waals surface area contributed by atoms with Crippen LogP contribution in [0.25, 0.3) is 0 Å². The fraction of sp³-hybridized carbons (Fsp3) is 0.111. The van der Waals surface area contributed by atoms with Gasteiger partial charge in [-0.2, -0.15) is 5.10 Å². The molecule has 1 aromatic rings. The van der Waals surface area contributed by atoms with Gasteiger partial charge in [-0.3, -0.25) is 9.98 Å². The molecule has 0 radical (unpaired) electrons. The Balaban J connectivity index is 1.97. The Kier molecular flexibility index (Phi) is 2.17. The first-order valence-corrected chi connectivity index (χ1v) is 5.91. The van der Waals surface area contributed by atoms with Crippen LogP contribution in [0.15, 0.2) is 38.1 Å². The number of pyridine rings is 1. The van der Waals surface area contributed by atoms with Gasteiger partial charge in [0.1, 0.15) is 16.1 Å². The topological polar surface area (TPSA) is 50.0 Å². The molecule has 6 heteroatoms. The second-order valence-electron chi connectivity index (χ2n) is 3.08. The third-order valence-corrected chi connectivity index (χ3v) is 3.53. The lowest BCUT2D eigenvalue weighted by atomic mass is 10.3. The zero-order valence-electron chi connectivity index (χ0n) is 7.46. The van der Waals surface area contributed by atoms with Gasteiger partial charge in [-0.15, -0.1) is 5.10 Å². The number of fused-ring (bicyclic) bond motifs is 1. The standard InChI is InChI=1S/C9H5BrN4S/c10-6-1-5(2-11-3-6)8-13-7-4-12-14-9(7)15-8/h1-4,7H/t7-/m0/s1. The highest BCUT2D eigenvalue weighted by Crippen LogP contribution is 2.28. The molecule has 2 aliphatic heterocycles. The lowest BCUT2D eigenvalue weighted by molar-refractivity contribution is 1.21. The SMILES string of the molecule is Brc1cncc(C2=N[C@H]3C=NN=C3S2)c1. The summed E-state index contributed by atoms with van der Waals surface area (Å²) in [6, 6.07) is 2.03. The van der Waals surface area contributed by atoms with E-state index in [-0.39, 0.29) is 6.04 Å². The maximum Gasteiger partial charge on any atom is 0.138 e. The van der Waals surface area contributed by atoms with Gasteiger partial charge >= 0.3 is 0 Å². The number of aromatic nitrogens is 1. The fourth-order valence-corrected chi connectivity index (χ4v) is 2.64. The first-order valence-electron chi connectivity index (χ1n) is 4.30. The summed E-state index contributed by atoms with van der Waals surface area (Å²) in [5.74, 6) is 0. The largest absolute Gasteiger partial charge is 0.263 e. The van der Waals surface area contributed by atoms with Crippen molar-refractivity contribution in [1.29, 1.82) is 0 Å². The van der Waals surface area contributed by atoms with E-state index in [0.29, 0.717) is 0 Å². The number of hydrogen-bond donors (Lipinski definition) is 0. The van der Waals surface area contributed by atoms with Crippen molar-refractivity contribution in [3.05, 3.63) is 28.5 Å². The molecule has 0 unspecified atom stereocenters. The van der Waals surface area contributed by atoms with Gasteiger partial charge in [0, 0.05) is 22.4 Å². The molecule has 0 aromatic carbocycles. The minimum Gasteiger partial charge on any atom is -0.263 e. The van der Waals surface area contributed by atoms with Crippen LogP contribution < -0.4 is 0 Å². The van der Waals surface area contributed by atoms with Crippen molar-refractivity contribution in [3.63, 3.8) is 0 Å². The predicted molar refractivity (Wildman–Crippen MR) is 65.8 cm³/mol. The van der Waals surface area contributed by atoms with E-state index >= 15 is 0 Å². The van der Waals surface area contributed by atoms with E-state index in [9.17, 15) is 0 Å². The first kappa shape index (κ1) is 9.23. The highest BCUT2D eigenvalue weighted by atomic mass is 79.9. The van der Waals surface area contributed by atoms with Crippen molar-refractivity contribution in [2.45, 2.75) is 6.04 Å². The smallest absolute Gasteiger partial charge is 0.138 e. The zero-order valence-corrected chi connectivity index (χ0v) is 9.86. The highest BCUT2D eigenvalue weighted by Gasteiger charge is 2.28. The normalized spacial score (nSPS) is 22.6. The van der Waals surface area contributed by atoms with Gasteiger partial charge in [-0.25, -0.2) is 0 Å².